The smallest absolute Gasteiger partial charge is 0.119 e. The van der Waals surface area contributed by atoms with Crippen LogP contribution in [0.1, 0.15) is 17.2 Å². The second-order valence-electron chi connectivity index (χ2n) is 6.45. The van der Waals surface area contributed by atoms with E-state index in [1.54, 1.807) is 0 Å². The molecule has 26 heavy (non-hydrogen) atoms. The van der Waals surface area contributed by atoms with Gasteiger partial charge in [0.25, 0.3) is 0 Å². The molecule has 0 saturated carbocycles. The Kier molecular flexibility index (Phi) is 8.38. The number of aliphatic hydroxyl groups is 1. The Morgan fingerprint density at radius 1 is 1.19 bits per heavy atom. The SMILES string of the molecule is Cc1ccc(OCC(O)CN2CCOC(c3ccc(Br)cc3)C2)cc1.Cl. The first kappa shape index (κ1) is 21.2. The van der Waals surface area contributed by atoms with Crippen LogP contribution in [0.15, 0.2) is 53.0 Å². The quantitative estimate of drug-likeness (QED) is 0.734. The molecular weight excluding hydrogens is 418 g/mol. The second-order valence-corrected chi connectivity index (χ2v) is 7.36. The van der Waals surface area contributed by atoms with Crippen LogP contribution in [0.4, 0.5) is 0 Å². The first-order valence-electron chi connectivity index (χ1n) is 8.57. The normalized spacial score (nSPS) is 18.8. The van der Waals surface area contributed by atoms with Crippen molar-refractivity contribution in [1.29, 1.82) is 0 Å². The molecule has 2 aromatic rings. The molecule has 142 valence electrons. The summed E-state index contributed by atoms with van der Waals surface area (Å²) >= 11 is 3.46. The Morgan fingerprint density at radius 3 is 2.58 bits per heavy atom. The fourth-order valence-electron chi connectivity index (χ4n) is 2.93. The number of β-amino-alcohol motifs (C(OH)–C–C–N with tert-alkyl or cyclic N) is 1. The number of benzene rings is 2. The van der Waals surface area contributed by atoms with Crippen LogP contribution in [0.2, 0.25) is 0 Å². The van der Waals surface area contributed by atoms with Crippen molar-refractivity contribution in [2.24, 2.45) is 0 Å². The van der Waals surface area contributed by atoms with Crippen molar-refractivity contribution in [2.75, 3.05) is 32.8 Å². The zero-order valence-corrected chi connectivity index (χ0v) is 17.2. The molecule has 0 amide bonds. The standard InChI is InChI=1S/C20H24BrNO3.ClH/c1-15-2-8-19(9-3-15)25-14-18(23)12-22-10-11-24-20(13-22)16-4-6-17(21)7-5-16;/h2-9,18,20,23H,10-14H2,1H3;1H. The molecule has 0 aliphatic carbocycles. The van der Waals surface area contributed by atoms with Gasteiger partial charge in [0.15, 0.2) is 0 Å². The molecule has 1 aliphatic rings. The topological polar surface area (TPSA) is 41.9 Å². The molecule has 2 aromatic carbocycles. The van der Waals surface area contributed by atoms with Crippen molar-refractivity contribution >= 4 is 28.3 Å². The average molecular weight is 443 g/mol. The van der Waals surface area contributed by atoms with Gasteiger partial charge in [-0.2, -0.15) is 0 Å². The fourth-order valence-corrected chi connectivity index (χ4v) is 3.19. The number of ether oxygens (including phenoxy) is 2. The molecule has 1 heterocycles. The molecule has 1 N–H and O–H groups in total. The van der Waals surface area contributed by atoms with Crippen LogP contribution in [-0.2, 0) is 4.74 Å². The maximum absolute atomic E-state index is 10.3. The van der Waals surface area contributed by atoms with E-state index >= 15 is 0 Å². The number of morpholine rings is 1. The van der Waals surface area contributed by atoms with Gasteiger partial charge >= 0.3 is 0 Å². The van der Waals surface area contributed by atoms with Crippen molar-refractivity contribution in [1.82, 2.24) is 4.90 Å². The van der Waals surface area contributed by atoms with E-state index in [4.69, 9.17) is 9.47 Å². The average Bonchev–Trinajstić information content (AvgIpc) is 2.62. The van der Waals surface area contributed by atoms with Crippen LogP contribution in [0.3, 0.4) is 0 Å². The summed E-state index contributed by atoms with van der Waals surface area (Å²) in [6.45, 7) is 5.20. The highest BCUT2D eigenvalue weighted by atomic mass is 79.9. The second kappa shape index (κ2) is 10.3. The van der Waals surface area contributed by atoms with Gasteiger partial charge in [-0.3, -0.25) is 4.90 Å². The van der Waals surface area contributed by atoms with Crippen LogP contribution < -0.4 is 4.74 Å². The van der Waals surface area contributed by atoms with E-state index in [-0.39, 0.29) is 18.5 Å². The molecule has 1 saturated heterocycles. The monoisotopic (exact) mass is 441 g/mol. The number of nitrogens with zero attached hydrogens (tertiary/aromatic N) is 1. The molecule has 0 radical (unpaired) electrons. The van der Waals surface area contributed by atoms with E-state index in [2.05, 4.69) is 33.0 Å². The third kappa shape index (κ3) is 6.25. The van der Waals surface area contributed by atoms with Crippen molar-refractivity contribution in [3.63, 3.8) is 0 Å². The minimum Gasteiger partial charge on any atom is -0.491 e. The van der Waals surface area contributed by atoms with E-state index in [0.29, 0.717) is 19.8 Å². The Labute approximate surface area is 169 Å². The van der Waals surface area contributed by atoms with Gasteiger partial charge in [-0.05, 0) is 36.8 Å². The number of halogens is 2. The van der Waals surface area contributed by atoms with Gasteiger partial charge < -0.3 is 14.6 Å². The van der Waals surface area contributed by atoms with Gasteiger partial charge in [-0.1, -0.05) is 45.8 Å². The van der Waals surface area contributed by atoms with Gasteiger partial charge in [-0.15, -0.1) is 12.4 Å². The van der Waals surface area contributed by atoms with Crippen LogP contribution in [-0.4, -0.2) is 49.0 Å². The number of hydrogen-bond donors (Lipinski definition) is 1. The van der Waals surface area contributed by atoms with Crippen LogP contribution in [0.25, 0.3) is 0 Å². The Balaban J connectivity index is 0.00000243. The van der Waals surface area contributed by atoms with Gasteiger partial charge in [0.2, 0.25) is 0 Å². The molecule has 0 spiro atoms. The third-order valence-corrected chi connectivity index (χ3v) is 4.85. The Hall–Kier alpha value is -1.11. The molecule has 1 fully saturated rings. The number of aryl methyl sites for hydroxylation is 1. The van der Waals surface area contributed by atoms with Crippen molar-refractivity contribution < 1.29 is 14.6 Å². The lowest BCUT2D eigenvalue weighted by molar-refractivity contribution is -0.0459. The zero-order chi connectivity index (χ0) is 17.6. The summed E-state index contributed by atoms with van der Waals surface area (Å²) in [5.74, 6) is 0.791. The van der Waals surface area contributed by atoms with E-state index in [1.807, 2.05) is 43.3 Å². The minimum atomic E-state index is -0.523. The van der Waals surface area contributed by atoms with Crippen LogP contribution >= 0.6 is 28.3 Å². The molecule has 1 aliphatic heterocycles. The van der Waals surface area contributed by atoms with Crippen LogP contribution in [0.5, 0.6) is 5.75 Å². The van der Waals surface area contributed by atoms with Gasteiger partial charge in [0.1, 0.15) is 18.5 Å². The summed E-state index contributed by atoms with van der Waals surface area (Å²) in [7, 11) is 0. The summed E-state index contributed by atoms with van der Waals surface area (Å²) in [6, 6.07) is 16.1. The largest absolute Gasteiger partial charge is 0.491 e. The molecule has 2 atom stereocenters. The maximum atomic E-state index is 10.3. The van der Waals surface area contributed by atoms with E-state index in [0.717, 1.165) is 23.3 Å². The molecular formula is C20H25BrClNO3. The van der Waals surface area contributed by atoms with Crippen molar-refractivity contribution in [3.8, 4) is 5.75 Å². The molecule has 0 bridgehead atoms. The lowest BCUT2D eigenvalue weighted by Gasteiger charge is -2.34. The van der Waals surface area contributed by atoms with Crippen molar-refractivity contribution in [2.45, 2.75) is 19.1 Å². The molecule has 2 unspecified atom stereocenters. The predicted octanol–water partition coefficient (Wildman–Crippen LogP) is 3.99. The van der Waals surface area contributed by atoms with Gasteiger partial charge in [-0.25, -0.2) is 0 Å². The summed E-state index contributed by atoms with van der Waals surface area (Å²) in [5.41, 5.74) is 2.36. The summed E-state index contributed by atoms with van der Waals surface area (Å²) in [4.78, 5) is 2.24. The molecule has 0 aromatic heterocycles. The Morgan fingerprint density at radius 2 is 1.88 bits per heavy atom. The van der Waals surface area contributed by atoms with Gasteiger partial charge in [0.05, 0.1) is 12.7 Å². The fraction of sp³-hybridized carbons (Fsp3) is 0.400. The summed E-state index contributed by atoms with van der Waals surface area (Å²) in [6.07, 6.45) is -0.475. The van der Waals surface area contributed by atoms with E-state index in [1.165, 1.54) is 11.1 Å². The first-order chi connectivity index (χ1) is 12.1. The first-order valence-corrected chi connectivity index (χ1v) is 9.36. The maximum Gasteiger partial charge on any atom is 0.119 e. The summed E-state index contributed by atoms with van der Waals surface area (Å²) < 4.78 is 12.6. The third-order valence-electron chi connectivity index (χ3n) is 4.32. The lowest BCUT2D eigenvalue weighted by Crippen LogP contribution is -2.43. The number of hydrogen-bond acceptors (Lipinski definition) is 4. The van der Waals surface area contributed by atoms with Gasteiger partial charge in [0, 0.05) is 24.1 Å². The number of rotatable bonds is 6. The van der Waals surface area contributed by atoms with Crippen molar-refractivity contribution in [3.05, 3.63) is 64.1 Å². The highest BCUT2D eigenvalue weighted by molar-refractivity contribution is 9.10. The van der Waals surface area contributed by atoms with Crippen LogP contribution in [0, 0.1) is 6.92 Å². The molecule has 6 heteroatoms. The number of aliphatic hydroxyl groups excluding tert-OH is 1. The Bertz CT molecular complexity index is 666. The molecule has 4 nitrogen and oxygen atoms in total. The lowest BCUT2D eigenvalue weighted by atomic mass is 10.1. The minimum absolute atomic E-state index is 0. The van der Waals surface area contributed by atoms with E-state index in [9.17, 15) is 5.11 Å². The highest BCUT2D eigenvalue weighted by Crippen LogP contribution is 2.24. The molecule has 3 rings (SSSR count). The zero-order valence-electron chi connectivity index (χ0n) is 14.8. The predicted molar refractivity (Wildman–Crippen MR) is 109 cm³/mol. The summed E-state index contributed by atoms with van der Waals surface area (Å²) in [5, 5.41) is 10.3. The highest BCUT2D eigenvalue weighted by Gasteiger charge is 2.23. The van der Waals surface area contributed by atoms with E-state index < -0.39 is 6.10 Å².